The van der Waals surface area contributed by atoms with Gasteiger partial charge in [0, 0.05) is 24.8 Å². The fourth-order valence-corrected chi connectivity index (χ4v) is 4.48. The summed E-state index contributed by atoms with van der Waals surface area (Å²) < 4.78 is 11.9. The van der Waals surface area contributed by atoms with Gasteiger partial charge in [0.15, 0.2) is 12.4 Å². The summed E-state index contributed by atoms with van der Waals surface area (Å²) in [7, 11) is 1.33. The summed E-state index contributed by atoms with van der Waals surface area (Å²) in [4.78, 5) is 25.9. The molecule has 3 aromatic heterocycles. The van der Waals surface area contributed by atoms with Crippen LogP contribution in [-0.4, -0.2) is 75.4 Å². The van der Waals surface area contributed by atoms with Crippen LogP contribution in [0.5, 0.6) is 5.75 Å². The van der Waals surface area contributed by atoms with Crippen LogP contribution in [0.15, 0.2) is 66.9 Å². The minimum atomic E-state index is -0.434. The molecule has 0 spiro atoms. The third-order valence-electron chi connectivity index (χ3n) is 7.13. The number of hydrogen-bond donors (Lipinski definition) is 0. The molecule has 9 nitrogen and oxygen atoms in total. The summed E-state index contributed by atoms with van der Waals surface area (Å²) in [5.74, 6) is 7.41. The Labute approximate surface area is 254 Å². The molecule has 9 heteroatoms. The molecule has 0 aliphatic carbocycles. The van der Waals surface area contributed by atoms with Gasteiger partial charge in [-0.3, -0.25) is 9.80 Å². The van der Waals surface area contributed by atoms with Gasteiger partial charge in [0.1, 0.15) is 11.4 Å². The first kappa shape index (κ1) is 31.4. The zero-order valence-corrected chi connectivity index (χ0v) is 25.7. The van der Waals surface area contributed by atoms with E-state index in [1.807, 2.05) is 54.7 Å². The molecule has 0 saturated carbocycles. The fourth-order valence-electron chi connectivity index (χ4n) is 4.48. The fraction of sp³-hybridized carbons (Fsp3) is 0.353. The monoisotopic (exact) mass is 580 g/mol. The maximum absolute atomic E-state index is 11.4. The summed E-state index contributed by atoms with van der Waals surface area (Å²) in [6.07, 6.45) is 1.92. The highest BCUT2D eigenvalue weighted by atomic mass is 16.6. The number of aromatic nitrogens is 4. The van der Waals surface area contributed by atoms with E-state index in [9.17, 15) is 4.79 Å². The van der Waals surface area contributed by atoms with E-state index >= 15 is 0 Å². The Balaban J connectivity index is 1.69. The largest absolute Gasteiger partial charge is 0.482 e. The molecule has 0 saturated heterocycles. The van der Waals surface area contributed by atoms with E-state index in [0.29, 0.717) is 11.4 Å². The molecule has 4 aromatic rings. The molecule has 0 amide bonds. The van der Waals surface area contributed by atoms with E-state index in [-0.39, 0.29) is 6.61 Å². The molecular weight excluding hydrogens is 540 g/mol. The zero-order chi connectivity index (χ0) is 30.6. The minimum Gasteiger partial charge on any atom is -0.482 e. The van der Waals surface area contributed by atoms with Crippen LogP contribution in [-0.2, 0) is 22.6 Å². The first-order chi connectivity index (χ1) is 21.0. The number of esters is 1. The van der Waals surface area contributed by atoms with Crippen molar-refractivity contribution in [2.75, 3.05) is 39.9 Å². The van der Waals surface area contributed by atoms with Crippen LogP contribution in [0, 0.1) is 11.8 Å². The second-order valence-electron chi connectivity index (χ2n) is 9.90. The number of benzene rings is 1. The summed E-state index contributed by atoms with van der Waals surface area (Å²) in [5, 5.41) is 4.95. The van der Waals surface area contributed by atoms with Crippen LogP contribution >= 0.6 is 0 Å². The van der Waals surface area contributed by atoms with E-state index in [4.69, 9.17) is 19.8 Å². The van der Waals surface area contributed by atoms with Crippen LogP contribution in [0.4, 0.5) is 0 Å². The second kappa shape index (κ2) is 15.6. The van der Waals surface area contributed by atoms with Crippen molar-refractivity contribution in [2.45, 2.75) is 40.8 Å². The van der Waals surface area contributed by atoms with Crippen LogP contribution in [0.25, 0.3) is 17.2 Å². The molecule has 0 N–H and O–H groups in total. The van der Waals surface area contributed by atoms with Crippen molar-refractivity contribution >= 4 is 5.97 Å². The van der Waals surface area contributed by atoms with Gasteiger partial charge in [0.05, 0.1) is 29.8 Å². The molecule has 43 heavy (non-hydrogen) atoms. The summed E-state index contributed by atoms with van der Waals surface area (Å²) in [6, 6.07) is 19.3. The molecule has 0 fully saturated rings. The normalized spacial score (nSPS) is 11.0. The Morgan fingerprint density at radius 3 is 2.07 bits per heavy atom. The van der Waals surface area contributed by atoms with Gasteiger partial charge in [0.25, 0.3) is 0 Å². The van der Waals surface area contributed by atoms with E-state index in [0.717, 1.165) is 73.3 Å². The molecule has 0 radical (unpaired) electrons. The molecule has 0 aliphatic rings. The van der Waals surface area contributed by atoms with Gasteiger partial charge in [-0.2, -0.15) is 5.10 Å². The lowest BCUT2D eigenvalue weighted by molar-refractivity contribution is -0.142. The average Bonchev–Trinajstić information content (AvgIpc) is 3.49. The Morgan fingerprint density at radius 1 is 0.814 bits per heavy atom. The lowest BCUT2D eigenvalue weighted by Gasteiger charge is -2.17. The highest BCUT2D eigenvalue weighted by Crippen LogP contribution is 2.23. The average molecular weight is 581 g/mol. The quantitative estimate of drug-likeness (QED) is 0.162. The van der Waals surface area contributed by atoms with Crippen molar-refractivity contribution in [2.24, 2.45) is 0 Å². The topological polar surface area (TPSA) is 85.6 Å². The molecular formula is C34H40N6O3. The van der Waals surface area contributed by atoms with Gasteiger partial charge in [-0.1, -0.05) is 51.7 Å². The van der Waals surface area contributed by atoms with Crippen LogP contribution in [0.3, 0.4) is 0 Å². The third kappa shape index (κ3) is 8.74. The van der Waals surface area contributed by atoms with Crippen molar-refractivity contribution in [1.82, 2.24) is 29.5 Å². The molecule has 3 heterocycles. The predicted octanol–water partition coefficient (Wildman–Crippen LogP) is 4.96. The van der Waals surface area contributed by atoms with E-state index in [1.54, 1.807) is 16.8 Å². The van der Waals surface area contributed by atoms with Gasteiger partial charge >= 0.3 is 5.97 Å². The lowest BCUT2D eigenvalue weighted by Crippen LogP contribution is -2.23. The lowest BCUT2D eigenvalue weighted by atomic mass is 10.1. The zero-order valence-electron chi connectivity index (χ0n) is 25.7. The summed E-state index contributed by atoms with van der Waals surface area (Å²) >= 11 is 0. The number of rotatable bonds is 13. The molecule has 0 atom stereocenters. The van der Waals surface area contributed by atoms with Gasteiger partial charge in [-0.15, -0.1) is 0 Å². The third-order valence-corrected chi connectivity index (χ3v) is 7.13. The Kier molecular flexibility index (Phi) is 11.4. The molecule has 224 valence electrons. The molecule has 4 rings (SSSR count). The number of nitrogens with zero attached hydrogens (tertiary/aromatic N) is 6. The van der Waals surface area contributed by atoms with Gasteiger partial charge in [-0.05, 0) is 74.7 Å². The Bertz CT molecular complexity index is 1550. The maximum Gasteiger partial charge on any atom is 0.343 e. The summed E-state index contributed by atoms with van der Waals surface area (Å²) in [5.41, 5.74) is 4.97. The minimum absolute atomic E-state index is 0.144. The Hall–Kier alpha value is -4.52. The SMILES string of the molecule is CCN(CC)Cc1cccc(-c2nn(-c3cccc(CN(CC)CC)n3)cc2C#Cc2ccc(OCC(=O)OC)cc2)n1. The van der Waals surface area contributed by atoms with Crippen molar-refractivity contribution < 1.29 is 14.3 Å². The van der Waals surface area contributed by atoms with Crippen molar-refractivity contribution in [1.29, 1.82) is 0 Å². The first-order valence-corrected chi connectivity index (χ1v) is 14.7. The number of pyridine rings is 2. The molecule has 0 unspecified atom stereocenters. The number of carbonyl (C=O) groups excluding carboxylic acids is 1. The van der Waals surface area contributed by atoms with Crippen LogP contribution in [0.2, 0.25) is 0 Å². The smallest absolute Gasteiger partial charge is 0.343 e. The van der Waals surface area contributed by atoms with Crippen molar-refractivity contribution in [3.8, 4) is 34.8 Å². The van der Waals surface area contributed by atoms with Crippen molar-refractivity contribution in [3.05, 3.63) is 89.4 Å². The number of carbonyl (C=O) groups is 1. The highest BCUT2D eigenvalue weighted by molar-refractivity contribution is 5.71. The van der Waals surface area contributed by atoms with E-state index in [2.05, 4.69) is 54.1 Å². The number of hydrogen-bond acceptors (Lipinski definition) is 8. The van der Waals surface area contributed by atoms with Crippen molar-refractivity contribution in [3.63, 3.8) is 0 Å². The Morgan fingerprint density at radius 2 is 1.44 bits per heavy atom. The maximum atomic E-state index is 11.4. The standard InChI is InChI=1S/C34H40N6O3/c1-6-38(7-2)23-28-12-10-14-31(35-28)34-27(19-16-26-17-20-30(21-18-26)43-25-33(41)42-5)22-40(37-34)32-15-11-13-29(36-32)24-39(8-3)9-4/h10-15,17-18,20-22H,6-9,23-25H2,1-5H3. The number of ether oxygens (including phenoxy) is 2. The van der Waals surface area contributed by atoms with Gasteiger partial charge in [0.2, 0.25) is 0 Å². The van der Waals surface area contributed by atoms with E-state index < -0.39 is 5.97 Å². The first-order valence-electron chi connectivity index (χ1n) is 14.7. The summed E-state index contributed by atoms with van der Waals surface area (Å²) in [6.45, 7) is 13.8. The number of methoxy groups -OCH3 is 1. The second-order valence-corrected chi connectivity index (χ2v) is 9.90. The predicted molar refractivity (Wildman–Crippen MR) is 168 cm³/mol. The highest BCUT2D eigenvalue weighted by Gasteiger charge is 2.15. The van der Waals surface area contributed by atoms with Gasteiger partial charge < -0.3 is 9.47 Å². The molecule has 0 aliphatic heterocycles. The van der Waals surface area contributed by atoms with E-state index in [1.165, 1.54) is 7.11 Å². The molecule has 1 aromatic carbocycles. The molecule has 0 bridgehead atoms. The van der Waals surface area contributed by atoms with Crippen LogP contribution in [0.1, 0.15) is 50.2 Å². The van der Waals surface area contributed by atoms with Gasteiger partial charge in [-0.25, -0.2) is 19.4 Å². The van der Waals surface area contributed by atoms with Crippen LogP contribution < -0.4 is 4.74 Å².